The number of fused-ring (bicyclic) bond motifs is 1. The van der Waals surface area contributed by atoms with E-state index in [9.17, 15) is 0 Å². The summed E-state index contributed by atoms with van der Waals surface area (Å²) in [6, 6.07) is 10.2. The third kappa shape index (κ3) is 1.77. The van der Waals surface area contributed by atoms with Gasteiger partial charge in [0.05, 0.1) is 5.69 Å². The Morgan fingerprint density at radius 3 is 2.72 bits per heavy atom. The van der Waals surface area contributed by atoms with Gasteiger partial charge in [-0.3, -0.25) is 0 Å². The standard InChI is InChI=1S/C14H12ClN3/c1-9-7-12(17-14(15)16-9)11-8-18(2)13-6-4-3-5-10(11)13/h3-8H,1-2H3. The molecule has 0 aliphatic heterocycles. The summed E-state index contributed by atoms with van der Waals surface area (Å²) in [5.74, 6) is 0. The van der Waals surface area contributed by atoms with Crippen LogP contribution in [0.2, 0.25) is 5.28 Å². The third-order valence-corrected chi connectivity index (χ3v) is 3.17. The van der Waals surface area contributed by atoms with Crippen LogP contribution in [0.4, 0.5) is 0 Å². The molecule has 0 aliphatic carbocycles. The Morgan fingerprint density at radius 1 is 1.17 bits per heavy atom. The highest BCUT2D eigenvalue weighted by molar-refractivity contribution is 6.28. The second kappa shape index (κ2) is 4.10. The molecule has 0 N–H and O–H groups in total. The van der Waals surface area contributed by atoms with Crippen molar-refractivity contribution in [3.8, 4) is 11.3 Å². The maximum Gasteiger partial charge on any atom is 0.223 e. The maximum absolute atomic E-state index is 5.93. The van der Waals surface area contributed by atoms with Crippen molar-refractivity contribution in [1.29, 1.82) is 0 Å². The van der Waals surface area contributed by atoms with Crippen molar-refractivity contribution in [3.63, 3.8) is 0 Å². The van der Waals surface area contributed by atoms with Gasteiger partial charge in [0.25, 0.3) is 0 Å². The lowest BCUT2D eigenvalue weighted by Crippen LogP contribution is -1.90. The summed E-state index contributed by atoms with van der Waals surface area (Å²) in [5.41, 5.74) is 4.00. The highest BCUT2D eigenvalue weighted by atomic mass is 35.5. The molecule has 2 aromatic heterocycles. The molecule has 2 heterocycles. The number of hydrogen-bond acceptors (Lipinski definition) is 2. The zero-order chi connectivity index (χ0) is 12.7. The molecule has 0 saturated heterocycles. The Kier molecular flexibility index (Phi) is 2.56. The van der Waals surface area contributed by atoms with Crippen LogP contribution in [0.25, 0.3) is 22.2 Å². The van der Waals surface area contributed by atoms with E-state index in [1.165, 1.54) is 10.9 Å². The van der Waals surface area contributed by atoms with E-state index in [4.69, 9.17) is 11.6 Å². The smallest absolute Gasteiger partial charge is 0.223 e. The summed E-state index contributed by atoms with van der Waals surface area (Å²) >= 11 is 5.93. The highest BCUT2D eigenvalue weighted by Crippen LogP contribution is 2.29. The van der Waals surface area contributed by atoms with E-state index in [-0.39, 0.29) is 5.28 Å². The van der Waals surface area contributed by atoms with Crippen LogP contribution in [0.5, 0.6) is 0 Å². The highest BCUT2D eigenvalue weighted by Gasteiger charge is 2.10. The van der Waals surface area contributed by atoms with E-state index >= 15 is 0 Å². The molecule has 3 nitrogen and oxygen atoms in total. The minimum absolute atomic E-state index is 0.290. The average Bonchev–Trinajstić information content (AvgIpc) is 2.66. The van der Waals surface area contributed by atoms with Crippen LogP contribution in [0.1, 0.15) is 5.69 Å². The Morgan fingerprint density at radius 2 is 1.94 bits per heavy atom. The van der Waals surface area contributed by atoms with Gasteiger partial charge in [-0.1, -0.05) is 18.2 Å². The summed E-state index contributed by atoms with van der Waals surface area (Å²) < 4.78 is 2.09. The van der Waals surface area contributed by atoms with E-state index in [1.807, 2.05) is 32.2 Å². The molecule has 90 valence electrons. The summed E-state index contributed by atoms with van der Waals surface area (Å²) in [7, 11) is 2.03. The minimum Gasteiger partial charge on any atom is -0.350 e. The zero-order valence-corrected chi connectivity index (χ0v) is 10.9. The molecule has 0 aliphatic rings. The first-order valence-electron chi connectivity index (χ1n) is 5.71. The first-order chi connectivity index (χ1) is 8.65. The van der Waals surface area contributed by atoms with Crippen molar-refractivity contribution in [2.45, 2.75) is 6.92 Å². The fourth-order valence-corrected chi connectivity index (χ4v) is 2.44. The molecular weight excluding hydrogens is 246 g/mol. The van der Waals surface area contributed by atoms with Gasteiger partial charge in [-0.15, -0.1) is 0 Å². The number of hydrogen-bond donors (Lipinski definition) is 0. The van der Waals surface area contributed by atoms with Crippen LogP contribution in [0, 0.1) is 6.92 Å². The van der Waals surface area contributed by atoms with E-state index in [0.717, 1.165) is 17.0 Å². The molecule has 0 fully saturated rings. The number of halogens is 1. The molecular formula is C14H12ClN3. The number of benzene rings is 1. The van der Waals surface area contributed by atoms with Crippen molar-refractivity contribution < 1.29 is 0 Å². The average molecular weight is 258 g/mol. The molecule has 3 rings (SSSR count). The molecule has 1 aromatic carbocycles. The SMILES string of the molecule is Cc1cc(-c2cn(C)c3ccccc23)nc(Cl)n1. The number of aryl methyl sites for hydroxylation is 2. The third-order valence-electron chi connectivity index (χ3n) is 3.00. The molecule has 0 unspecified atom stereocenters. The first kappa shape index (κ1) is 11.2. The summed E-state index contributed by atoms with van der Waals surface area (Å²) in [6.07, 6.45) is 2.07. The van der Waals surface area contributed by atoms with E-state index in [2.05, 4.69) is 32.9 Å². The normalized spacial score (nSPS) is 11.1. The lowest BCUT2D eigenvalue weighted by Gasteiger charge is -2.01. The van der Waals surface area contributed by atoms with Crippen molar-refractivity contribution >= 4 is 22.5 Å². The van der Waals surface area contributed by atoms with E-state index in [1.54, 1.807) is 0 Å². The predicted octanol–water partition coefficient (Wildman–Crippen LogP) is 3.60. The maximum atomic E-state index is 5.93. The lowest BCUT2D eigenvalue weighted by atomic mass is 10.1. The van der Waals surface area contributed by atoms with Gasteiger partial charge >= 0.3 is 0 Å². The monoisotopic (exact) mass is 257 g/mol. The van der Waals surface area contributed by atoms with Crippen molar-refractivity contribution in [2.75, 3.05) is 0 Å². The van der Waals surface area contributed by atoms with Crippen LogP contribution in [-0.2, 0) is 7.05 Å². The molecule has 0 bridgehead atoms. The first-order valence-corrected chi connectivity index (χ1v) is 6.08. The topological polar surface area (TPSA) is 30.7 Å². The quantitative estimate of drug-likeness (QED) is 0.624. The number of rotatable bonds is 1. The van der Waals surface area contributed by atoms with Gasteiger partial charge in [-0.05, 0) is 30.7 Å². The van der Waals surface area contributed by atoms with Gasteiger partial charge in [0.15, 0.2) is 0 Å². The van der Waals surface area contributed by atoms with Gasteiger partial charge in [-0.25, -0.2) is 9.97 Å². The molecule has 0 spiro atoms. The van der Waals surface area contributed by atoms with Crippen LogP contribution in [0.15, 0.2) is 36.5 Å². The number of aromatic nitrogens is 3. The minimum atomic E-state index is 0.290. The Bertz CT molecular complexity index is 711. The Balaban J connectivity index is 2.31. The largest absolute Gasteiger partial charge is 0.350 e. The van der Waals surface area contributed by atoms with Crippen LogP contribution < -0.4 is 0 Å². The molecule has 4 heteroatoms. The molecule has 0 atom stereocenters. The van der Waals surface area contributed by atoms with E-state index < -0.39 is 0 Å². The molecule has 18 heavy (non-hydrogen) atoms. The summed E-state index contributed by atoms with van der Waals surface area (Å²) in [6.45, 7) is 1.92. The van der Waals surface area contributed by atoms with Gasteiger partial charge < -0.3 is 4.57 Å². The van der Waals surface area contributed by atoms with Crippen LogP contribution in [0.3, 0.4) is 0 Å². The Hall–Kier alpha value is -1.87. The predicted molar refractivity (Wildman–Crippen MR) is 73.7 cm³/mol. The summed E-state index contributed by atoms with van der Waals surface area (Å²) in [5, 5.41) is 1.46. The molecule has 0 saturated carbocycles. The zero-order valence-electron chi connectivity index (χ0n) is 10.2. The number of nitrogens with zero attached hydrogens (tertiary/aromatic N) is 3. The van der Waals surface area contributed by atoms with Gasteiger partial charge in [0.1, 0.15) is 0 Å². The van der Waals surface area contributed by atoms with Gasteiger partial charge in [0, 0.05) is 35.4 Å². The van der Waals surface area contributed by atoms with Gasteiger partial charge in [0.2, 0.25) is 5.28 Å². The molecule has 0 amide bonds. The molecule has 3 aromatic rings. The van der Waals surface area contributed by atoms with Gasteiger partial charge in [-0.2, -0.15) is 0 Å². The van der Waals surface area contributed by atoms with Crippen LogP contribution in [-0.4, -0.2) is 14.5 Å². The molecule has 0 radical (unpaired) electrons. The second-order valence-electron chi connectivity index (χ2n) is 4.33. The Labute approximate surface area is 110 Å². The van der Waals surface area contributed by atoms with E-state index in [0.29, 0.717) is 0 Å². The number of para-hydroxylation sites is 1. The van der Waals surface area contributed by atoms with Crippen LogP contribution >= 0.6 is 11.6 Å². The fourth-order valence-electron chi connectivity index (χ4n) is 2.22. The van der Waals surface area contributed by atoms with Crippen molar-refractivity contribution in [1.82, 2.24) is 14.5 Å². The lowest BCUT2D eigenvalue weighted by molar-refractivity contribution is 0.969. The van der Waals surface area contributed by atoms with Crippen molar-refractivity contribution in [2.24, 2.45) is 7.05 Å². The second-order valence-corrected chi connectivity index (χ2v) is 4.67. The summed E-state index contributed by atoms with van der Waals surface area (Å²) in [4.78, 5) is 8.40. The van der Waals surface area contributed by atoms with Crippen molar-refractivity contribution in [3.05, 3.63) is 47.5 Å². The fraction of sp³-hybridized carbons (Fsp3) is 0.143.